The quantitative estimate of drug-likeness (QED) is 0.734. The summed E-state index contributed by atoms with van der Waals surface area (Å²) in [7, 11) is 0. The van der Waals surface area contributed by atoms with Crippen molar-refractivity contribution < 1.29 is 0 Å². The molecule has 0 atom stereocenters. The van der Waals surface area contributed by atoms with Gasteiger partial charge in [0.15, 0.2) is 0 Å². The second-order valence-electron chi connectivity index (χ2n) is 5.28. The van der Waals surface area contributed by atoms with E-state index in [0.29, 0.717) is 6.54 Å². The first kappa shape index (κ1) is 12.7. The normalized spacial score (nSPS) is 15.2. The smallest absolute Gasteiger partial charge is 0.137 e. The van der Waals surface area contributed by atoms with Crippen LogP contribution in [0.4, 0.5) is 0 Å². The van der Waals surface area contributed by atoms with E-state index in [9.17, 15) is 0 Å². The fourth-order valence-electron chi connectivity index (χ4n) is 2.69. The summed E-state index contributed by atoms with van der Waals surface area (Å²) in [5, 5.41) is 8.48. The van der Waals surface area contributed by atoms with Gasteiger partial charge in [-0.15, -0.1) is 0 Å². The van der Waals surface area contributed by atoms with Gasteiger partial charge in [-0.2, -0.15) is 16.4 Å². The van der Waals surface area contributed by atoms with Crippen LogP contribution in [0.25, 0.3) is 0 Å². The monoisotopic (exact) mass is 300 g/mol. The first-order valence-corrected chi connectivity index (χ1v) is 7.92. The fourth-order valence-corrected chi connectivity index (χ4v) is 3.35. The van der Waals surface area contributed by atoms with Gasteiger partial charge in [0.1, 0.15) is 18.5 Å². The van der Waals surface area contributed by atoms with Gasteiger partial charge in [-0.05, 0) is 22.4 Å². The highest BCUT2D eigenvalue weighted by atomic mass is 32.1. The van der Waals surface area contributed by atoms with Crippen LogP contribution in [0.1, 0.15) is 17.1 Å². The third-order valence-corrected chi connectivity index (χ3v) is 4.44. The fraction of sp³-hybridized carbons (Fsp3) is 0.357. The minimum atomic E-state index is 0.685. The van der Waals surface area contributed by atoms with E-state index in [1.165, 1.54) is 5.56 Å². The molecule has 3 aromatic heterocycles. The van der Waals surface area contributed by atoms with Gasteiger partial charge in [0.05, 0.1) is 18.8 Å². The van der Waals surface area contributed by atoms with E-state index in [1.54, 1.807) is 28.7 Å². The Hall–Kier alpha value is -1.99. The number of aromatic nitrogens is 5. The number of imidazole rings is 1. The molecule has 4 heterocycles. The van der Waals surface area contributed by atoms with Crippen LogP contribution in [0, 0.1) is 0 Å². The number of rotatable bonds is 4. The van der Waals surface area contributed by atoms with Crippen LogP contribution in [0.3, 0.4) is 0 Å². The maximum Gasteiger partial charge on any atom is 0.137 e. The molecule has 3 aromatic rings. The van der Waals surface area contributed by atoms with E-state index in [0.717, 1.165) is 37.7 Å². The zero-order valence-electron chi connectivity index (χ0n) is 11.6. The molecule has 6 nitrogen and oxygen atoms in total. The Labute approximate surface area is 126 Å². The Kier molecular flexibility index (Phi) is 3.28. The molecule has 4 rings (SSSR count). The molecule has 0 aromatic carbocycles. The lowest BCUT2D eigenvalue weighted by Crippen LogP contribution is -2.33. The summed E-state index contributed by atoms with van der Waals surface area (Å²) in [6, 6.07) is 2.20. The lowest BCUT2D eigenvalue weighted by molar-refractivity contribution is 0.209. The summed E-state index contributed by atoms with van der Waals surface area (Å²) < 4.78 is 4.06. The van der Waals surface area contributed by atoms with Crippen molar-refractivity contribution in [3.8, 4) is 0 Å². The van der Waals surface area contributed by atoms with E-state index in [1.807, 2.05) is 0 Å². The summed E-state index contributed by atoms with van der Waals surface area (Å²) in [5.74, 6) is 1.14. The molecule has 0 radical (unpaired) electrons. The van der Waals surface area contributed by atoms with Crippen LogP contribution in [-0.4, -0.2) is 35.8 Å². The van der Waals surface area contributed by atoms with Gasteiger partial charge in [0.25, 0.3) is 0 Å². The Morgan fingerprint density at radius 2 is 2.24 bits per heavy atom. The van der Waals surface area contributed by atoms with Crippen molar-refractivity contribution in [3.63, 3.8) is 0 Å². The minimum Gasteiger partial charge on any atom is -0.332 e. The maximum absolute atomic E-state index is 4.74. The van der Waals surface area contributed by atoms with Crippen LogP contribution < -0.4 is 0 Å². The number of thiophene rings is 1. The van der Waals surface area contributed by atoms with Crippen molar-refractivity contribution in [1.82, 2.24) is 29.2 Å². The summed E-state index contributed by atoms with van der Waals surface area (Å²) in [4.78, 5) is 11.2. The predicted octanol–water partition coefficient (Wildman–Crippen LogP) is 1.60. The molecule has 0 unspecified atom stereocenters. The highest BCUT2D eigenvalue weighted by Gasteiger charge is 2.18. The summed E-state index contributed by atoms with van der Waals surface area (Å²) in [6.07, 6.45) is 5.42. The average Bonchev–Trinajstić information content (AvgIpc) is 3.19. The largest absolute Gasteiger partial charge is 0.332 e. The van der Waals surface area contributed by atoms with Gasteiger partial charge < -0.3 is 4.57 Å². The Morgan fingerprint density at radius 3 is 3.05 bits per heavy atom. The molecule has 0 spiro atoms. The second-order valence-corrected chi connectivity index (χ2v) is 6.06. The molecule has 0 aliphatic carbocycles. The van der Waals surface area contributed by atoms with Crippen molar-refractivity contribution >= 4 is 11.3 Å². The Morgan fingerprint density at radius 1 is 1.24 bits per heavy atom. The standard InChI is InChI=1S/C14H16N6S/c1-4-21-9-12(1)5-18-2-3-19-6-13(17-14(19)8-18)7-20-11-15-10-16-20/h1,4,6,9-11H,2-3,5,7-8H2. The first-order valence-electron chi connectivity index (χ1n) is 6.97. The van der Waals surface area contributed by atoms with E-state index < -0.39 is 0 Å². The molecular formula is C14H16N6S. The molecule has 0 fully saturated rings. The molecule has 0 saturated carbocycles. The average molecular weight is 300 g/mol. The van der Waals surface area contributed by atoms with Gasteiger partial charge in [-0.1, -0.05) is 0 Å². The van der Waals surface area contributed by atoms with E-state index in [-0.39, 0.29) is 0 Å². The second kappa shape index (κ2) is 5.42. The SMILES string of the molecule is c1ncn(Cc2cn3c(n2)CN(Cc2ccsc2)CC3)n1. The van der Waals surface area contributed by atoms with E-state index in [2.05, 4.69) is 42.6 Å². The predicted molar refractivity (Wildman–Crippen MR) is 79.8 cm³/mol. The van der Waals surface area contributed by atoms with Crippen molar-refractivity contribution in [2.24, 2.45) is 0 Å². The van der Waals surface area contributed by atoms with Gasteiger partial charge in [-0.3, -0.25) is 4.90 Å². The van der Waals surface area contributed by atoms with Crippen LogP contribution in [0.5, 0.6) is 0 Å². The van der Waals surface area contributed by atoms with Crippen LogP contribution in [-0.2, 0) is 26.2 Å². The molecule has 7 heteroatoms. The zero-order chi connectivity index (χ0) is 14.1. The molecule has 0 bridgehead atoms. The van der Waals surface area contributed by atoms with Crippen LogP contribution >= 0.6 is 11.3 Å². The molecule has 108 valence electrons. The third-order valence-electron chi connectivity index (χ3n) is 3.71. The van der Waals surface area contributed by atoms with Gasteiger partial charge >= 0.3 is 0 Å². The van der Waals surface area contributed by atoms with E-state index in [4.69, 9.17) is 4.98 Å². The zero-order valence-corrected chi connectivity index (χ0v) is 12.4. The molecule has 1 aliphatic heterocycles. The number of hydrogen-bond donors (Lipinski definition) is 0. The van der Waals surface area contributed by atoms with Crippen molar-refractivity contribution in [2.75, 3.05) is 6.54 Å². The number of hydrogen-bond acceptors (Lipinski definition) is 5. The van der Waals surface area contributed by atoms with Crippen molar-refractivity contribution in [1.29, 1.82) is 0 Å². The third kappa shape index (κ3) is 2.74. The minimum absolute atomic E-state index is 0.685. The maximum atomic E-state index is 4.74. The van der Waals surface area contributed by atoms with Gasteiger partial charge in [-0.25, -0.2) is 14.6 Å². The molecular weight excluding hydrogens is 284 g/mol. The lowest BCUT2D eigenvalue weighted by atomic mass is 10.3. The number of fused-ring (bicyclic) bond motifs is 1. The van der Waals surface area contributed by atoms with Crippen LogP contribution in [0.15, 0.2) is 35.7 Å². The van der Waals surface area contributed by atoms with Crippen LogP contribution in [0.2, 0.25) is 0 Å². The summed E-state index contributed by atoms with van der Waals surface area (Å²) in [6.45, 7) is 4.68. The Balaban J connectivity index is 1.46. The topological polar surface area (TPSA) is 51.8 Å². The van der Waals surface area contributed by atoms with Crippen molar-refractivity contribution in [2.45, 2.75) is 26.2 Å². The van der Waals surface area contributed by atoms with E-state index >= 15 is 0 Å². The highest BCUT2D eigenvalue weighted by molar-refractivity contribution is 7.07. The lowest BCUT2D eigenvalue weighted by Gasteiger charge is -2.27. The molecule has 21 heavy (non-hydrogen) atoms. The number of nitrogens with zero attached hydrogens (tertiary/aromatic N) is 6. The molecule has 0 amide bonds. The molecule has 0 saturated heterocycles. The van der Waals surface area contributed by atoms with Gasteiger partial charge in [0.2, 0.25) is 0 Å². The van der Waals surface area contributed by atoms with Gasteiger partial charge in [0, 0.05) is 25.8 Å². The Bertz CT molecular complexity index is 700. The summed E-state index contributed by atoms with van der Waals surface area (Å²) in [5.41, 5.74) is 2.44. The van der Waals surface area contributed by atoms with Crippen molar-refractivity contribution in [3.05, 3.63) is 52.8 Å². The first-order chi connectivity index (χ1) is 10.4. The molecule has 0 N–H and O–H groups in total. The highest BCUT2D eigenvalue weighted by Crippen LogP contribution is 2.17. The summed E-state index contributed by atoms with van der Waals surface area (Å²) >= 11 is 1.76. The molecule has 1 aliphatic rings.